The minimum atomic E-state index is 0.643. The third-order valence-electron chi connectivity index (χ3n) is 1.85. The molecule has 0 radical (unpaired) electrons. The monoisotopic (exact) mass is 184 g/mol. The number of hydrogen-bond donors (Lipinski definition) is 0. The van der Waals surface area contributed by atoms with Crippen LogP contribution in [0.15, 0.2) is 18.2 Å². The normalized spacial score (nSPS) is 10.2. The molecule has 0 aliphatic heterocycles. The Kier molecular flexibility index (Phi) is 3.57. The van der Waals surface area contributed by atoms with Crippen molar-refractivity contribution in [2.75, 3.05) is 7.11 Å². The molecule has 2 heteroatoms. The summed E-state index contributed by atoms with van der Waals surface area (Å²) in [6.07, 6.45) is 1.02. The number of hydrogen-bond acceptors (Lipinski definition) is 1. The van der Waals surface area contributed by atoms with Gasteiger partial charge in [-0.1, -0.05) is 24.6 Å². The molecule has 0 amide bonds. The zero-order valence-corrected chi connectivity index (χ0v) is 8.19. The summed E-state index contributed by atoms with van der Waals surface area (Å²) < 4.78 is 5.07. The lowest BCUT2D eigenvalue weighted by Gasteiger charge is -2.06. The number of methoxy groups -OCH3 is 1. The Labute approximate surface area is 78.3 Å². The summed E-state index contributed by atoms with van der Waals surface area (Å²) >= 11 is 5.85. The van der Waals surface area contributed by atoms with Gasteiger partial charge in [-0.15, -0.1) is 0 Å². The second-order valence-electron chi connectivity index (χ2n) is 2.70. The summed E-state index contributed by atoms with van der Waals surface area (Å²) in [6, 6.07) is 5.93. The first-order chi connectivity index (χ1) is 5.77. The maximum atomic E-state index is 5.85. The van der Waals surface area contributed by atoms with Crippen LogP contribution in [-0.2, 0) is 17.8 Å². The van der Waals surface area contributed by atoms with Gasteiger partial charge >= 0.3 is 0 Å². The molecule has 0 aliphatic carbocycles. The molecule has 66 valence electrons. The van der Waals surface area contributed by atoms with Gasteiger partial charge in [0.2, 0.25) is 0 Å². The van der Waals surface area contributed by atoms with E-state index in [0.29, 0.717) is 6.61 Å². The van der Waals surface area contributed by atoms with E-state index in [-0.39, 0.29) is 0 Å². The highest BCUT2D eigenvalue weighted by Crippen LogP contribution is 2.17. The average Bonchev–Trinajstić information content (AvgIpc) is 2.05. The van der Waals surface area contributed by atoms with Crippen LogP contribution in [0.3, 0.4) is 0 Å². The summed E-state index contributed by atoms with van der Waals surface area (Å²) in [5, 5.41) is 0.777. The van der Waals surface area contributed by atoms with Crippen molar-refractivity contribution >= 4 is 11.6 Å². The molecular weight excluding hydrogens is 172 g/mol. The van der Waals surface area contributed by atoms with Crippen LogP contribution < -0.4 is 0 Å². The molecule has 0 atom stereocenters. The van der Waals surface area contributed by atoms with Crippen molar-refractivity contribution in [1.29, 1.82) is 0 Å². The van der Waals surface area contributed by atoms with Gasteiger partial charge in [0, 0.05) is 12.1 Å². The molecule has 0 N–H and O–H groups in total. The average molecular weight is 185 g/mol. The molecule has 0 aromatic heterocycles. The molecule has 0 heterocycles. The molecule has 0 fully saturated rings. The minimum absolute atomic E-state index is 0.643. The van der Waals surface area contributed by atoms with Crippen molar-refractivity contribution < 1.29 is 4.74 Å². The molecule has 0 bridgehead atoms. The fourth-order valence-corrected chi connectivity index (χ4v) is 1.42. The molecule has 1 rings (SSSR count). The van der Waals surface area contributed by atoms with E-state index in [0.717, 1.165) is 11.4 Å². The maximum absolute atomic E-state index is 5.85. The lowest BCUT2D eigenvalue weighted by molar-refractivity contribution is 0.184. The smallest absolute Gasteiger partial charge is 0.0716 e. The number of halogens is 1. The number of benzene rings is 1. The second kappa shape index (κ2) is 4.48. The van der Waals surface area contributed by atoms with E-state index in [9.17, 15) is 0 Å². The van der Waals surface area contributed by atoms with E-state index in [1.807, 2.05) is 12.1 Å². The fraction of sp³-hybridized carbons (Fsp3) is 0.400. The molecule has 1 nitrogen and oxygen atoms in total. The first-order valence-corrected chi connectivity index (χ1v) is 4.42. The SMILES string of the molecule is CCc1ccc(Cl)cc1COC. The molecule has 0 spiro atoms. The minimum Gasteiger partial charge on any atom is -0.380 e. The van der Waals surface area contributed by atoms with Crippen molar-refractivity contribution in [3.63, 3.8) is 0 Å². The summed E-state index contributed by atoms with van der Waals surface area (Å²) in [6.45, 7) is 2.77. The van der Waals surface area contributed by atoms with Crippen LogP contribution in [-0.4, -0.2) is 7.11 Å². The molecule has 0 saturated heterocycles. The van der Waals surface area contributed by atoms with Gasteiger partial charge in [-0.25, -0.2) is 0 Å². The Bertz CT molecular complexity index is 258. The van der Waals surface area contributed by atoms with Gasteiger partial charge in [-0.05, 0) is 29.7 Å². The van der Waals surface area contributed by atoms with Crippen LogP contribution in [0, 0.1) is 0 Å². The Morgan fingerprint density at radius 1 is 1.33 bits per heavy atom. The highest BCUT2D eigenvalue weighted by Gasteiger charge is 2.00. The van der Waals surface area contributed by atoms with Crippen molar-refractivity contribution in [2.45, 2.75) is 20.0 Å². The molecule has 0 saturated carbocycles. The van der Waals surface area contributed by atoms with Crippen LogP contribution in [0.2, 0.25) is 5.02 Å². The van der Waals surface area contributed by atoms with Crippen LogP contribution in [0.4, 0.5) is 0 Å². The predicted octanol–water partition coefficient (Wildman–Crippen LogP) is 3.05. The summed E-state index contributed by atoms with van der Waals surface area (Å²) in [5.41, 5.74) is 2.49. The van der Waals surface area contributed by atoms with E-state index in [2.05, 4.69) is 13.0 Å². The van der Waals surface area contributed by atoms with E-state index in [1.54, 1.807) is 7.11 Å². The Balaban J connectivity index is 2.95. The molecular formula is C10H13ClO. The summed E-state index contributed by atoms with van der Waals surface area (Å²) in [5.74, 6) is 0. The number of ether oxygens (including phenoxy) is 1. The van der Waals surface area contributed by atoms with Gasteiger partial charge < -0.3 is 4.74 Å². The van der Waals surface area contributed by atoms with Crippen LogP contribution >= 0.6 is 11.6 Å². The molecule has 0 aliphatic rings. The highest BCUT2D eigenvalue weighted by atomic mass is 35.5. The Morgan fingerprint density at radius 3 is 2.67 bits per heavy atom. The fourth-order valence-electron chi connectivity index (χ4n) is 1.23. The van der Waals surface area contributed by atoms with Crippen molar-refractivity contribution in [2.24, 2.45) is 0 Å². The zero-order chi connectivity index (χ0) is 8.97. The van der Waals surface area contributed by atoms with Crippen molar-refractivity contribution in [3.05, 3.63) is 34.3 Å². The van der Waals surface area contributed by atoms with Crippen LogP contribution in [0.5, 0.6) is 0 Å². The van der Waals surface area contributed by atoms with E-state index < -0.39 is 0 Å². The molecule has 1 aromatic carbocycles. The van der Waals surface area contributed by atoms with Gasteiger partial charge in [-0.2, -0.15) is 0 Å². The predicted molar refractivity (Wildman–Crippen MR) is 51.5 cm³/mol. The van der Waals surface area contributed by atoms with Gasteiger partial charge in [0.15, 0.2) is 0 Å². The summed E-state index contributed by atoms with van der Waals surface area (Å²) in [7, 11) is 1.69. The molecule has 1 aromatic rings. The largest absolute Gasteiger partial charge is 0.380 e. The zero-order valence-electron chi connectivity index (χ0n) is 7.43. The van der Waals surface area contributed by atoms with Gasteiger partial charge in [-0.3, -0.25) is 0 Å². The van der Waals surface area contributed by atoms with Crippen molar-refractivity contribution in [1.82, 2.24) is 0 Å². The van der Waals surface area contributed by atoms with Crippen LogP contribution in [0.1, 0.15) is 18.1 Å². The highest BCUT2D eigenvalue weighted by molar-refractivity contribution is 6.30. The Hall–Kier alpha value is -0.530. The number of aryl methyl sites for hydroxylation is 1. The standard InChI is InChI=1S/C10H13ClO/c1-3-8-4-5-10(11)6-9(8)7-12-2/h4-6H,3,7H2,1-2H3. The van der Waals surface area contributed by atoms with Crippen molar-refractivity contribution in [3.8, 4) is 0 Å². The van der Waals surface area contributed by atoms with Crippen LogP contribution in [0.25, 0.3) is 0 Å². The van der Waals surface area contributed by atoms with E-state index in [1.165, 1.54) is 11.1 Å². The number of rotatable bonds is 3. The first-order valence-electron chi connectivity index (χ1n) is 4.04. The summed E-state index contributed by atoms with van der Waals surface area (Å²) in [4.78, 5) is 0. The Morgan fingerprint density at radius 2 is 2.08 bits per heavy atom. The lowest BCUT2D eigenvalue weighted by Crippen LogP contribution is -1.94. The lowest BCUT2D eigenvalue weighted by atomic mass is 10.1. The van der Waals surface area contributed by atoms with Gasteiger partial charge in [0.05, 0.1) is 6.61 Å². The third kappa shape index (κ3) is 2.23. The van der Waals surface area contributed by atoms with Gasteiger partial charge in [0.1, 0.15) is 0 Å². The topological polar surface area (TPSA) is 9.23 Å². The van der Waals surface area contributed by atoms with Gasteiger partial charge in [0.25, 0.3) is 0 Å². The first kappa shape index (κ1) is 9.56. The third-order valence-corrected chi connectivity index (χ3v) is 2.08. The second-order valence-corrected chi connectivity index (χ2v) is 3.14. The molecule has 12 heavy (non-hydrogen) atoms. The maximum Gasteiger partial charge on any atom is 0.0716 e. The van der Waals surface area contributed by atoms with E-state index in [4.69, 9.17) is 16.3 Å². The molecule has 0 unspecified atom stereocenters. The van der Waals surface area contributed by atoms with E-state index >= 15 is 0 Å². The quantitative estimate of drug-likeness (QED) is 0.702.